The Morgan fingerprint density at radius 1 is 1.12 bits per heavy atom. The number of rotatable bonds is 8. The van der Waals surface area contributed by atoms with Crippen molar-refractivity contribution in [1.82, 2.24) is 9.80 Å². The molecular weight excluding hydrogens is 202 g/mol. The monoisotopic (exact) mass is 229 g/mol. The fourth-order valence-electron chi connectivity index (χ4n) is 2.03. The smallest absolute Gasteiger partial charge is 0.0594 e. The van der Waals surface area contributed by atoms with Gasteiger partial charge in [-0.05, 0) is 33.0 Å². The third-order valence-corrected chi connectivity index (χ3v) is 3.13. The Morgan fingerprint density at radius 3 is 2.56 bits per heavy atom. The van der Waals surface area contributed by atoms with Gasteiger partial charge in [0, 0.05) is 26.2 Å². The van der Waals surface area contributed by atoms with Gasteiger partial charge in [0.2, 0.25) is 0 Å². The molecule has 0 saturated carbocycles. The van der Waals surface area contributed by atoms with Crippen LogP contribution in [0.2, 0.25) is 0 Å². The molecule has 1 rings (SSSR count). The average molecular weight is 229 g/mol. The van der Waals surface area contributed by atoms with E-state index in [0.29, 0.717) is 0 Å². The van der Waals surface area contributed by atoms with E-state index in [2.05, 4.69) is 16.8 Å². The van der Waals surface area contributed by atoms with Crippen molar-refractivity contribution in [3.05, 3.63) is 0 Å². The van der Waals surface area contributed by atoms with Gasteiger partial charge in [-0.3, -0.25) is 0 Å². The molecule has 1 heterocycles. The second-order valence-electron chi connectivity index (χ2n) is 4.61. The van der Waals surface area contributed by atoms with Gasteiger partial charge in [-0.2, -0.15) is 0 Å². The third kappa shape index (κ3) is 6.43. The standard InChI is InChI=1S/C12H27N3O/c1-14(8-5-13)9-11-16-12-10-15-6-3-2-4-7-15/h2-13H2,1H3. The highest BCUT2D eigenvalue weighted by Gasteiger charge is 2.08. The molecule has 0 bridgehead atoms. The molecule has 4 heteroatoms. The lowest BCUT2D eigenvalue weighted by molar-refractivity contribution is 0.0834. The molecule has 0 aromatic heterocycles. The van der Waals surface area contributed by atoms with E-state index in [4.69, 9.17) is 10.5 Å². The molecule has 1 saturated heterocycles. The first kappa shape index (κ1) is 13.9. The number of hydrogen-bond donors (Lipinski definition) is 1. The van der Waals surface area contributed by atoms with Crippen LogP contribution in [-0.2, 0) is 4.74 Å². The maximum Gasteiger partial charge on any atom is 0.0594 e. The van der Waals surface area contributed by atoms with E-state index in [9.17, 15) is 0 Å². The highest BCUT2D eigenvalue weighted by Crippen LogP contribution is 2.07. The van der Waals surface area contributed by atoms with Crippen molar-refractivity contribution in [3.63, 3.8) is 0 Å². The van der Waals surface area contributed by atoms with Gasteiger partial charge in [0.15, 0.2) is 0 Å². The Balaban J connectivity index is 1.87. The van der Waals surface area contributed by atoms with Gasteiger partial charge < -0.3 is 20.3 Å². The molecule has 1 aliphatic heterocycles. The first-order chi connectivity index (χ1) is 7.83. The highest BCUT2D eigenvalue weighted by molar-refractivity contribution is 4.63. The number of hydrogen-bond acceptors (Lipinski definition) is 4. The Kier molecular flexibility index (Phi) is 7.76. The zero-order valence-corrected chi connectivity index (χ0v) is 10.7. The lowest BCUT2D eigenvalue weighted by Gasteiger charge is -2.26. The van der Waals surface area contributed by atoms with Crippen LogP contribution in [0.25, 0.3) is 0 Å². The van der Waals surface area contributed by atoms with Gasteiger partial charge in [-0.25, -0.2) is 0 Å². The second-order valence-corrected chi connectivity index (χ2v) is 4.61. The van der Waals surface area contributed by atoms with E-state index in [1.807, 2.05) is 0 Å². The van der Waals surface area contributed by atoms with E-state index >= 15 is 0 Å². The van der Waals surface area contributed by atoms with Crippen molar-refractivity contribution in [1.29, 1.82) is 0 Å². The number of likely N-dealkylation sites (tertiary alicyclic amines) is 1. The normalized spacial score (nSPS) is 18.2. The largest absolute Gasteiger partial charge is 0.379 e. The minimum absolute atomic E-state index is 0.726. The topological polar surface area (TPSA) is 41.7 Å². The number of ether oxygens (including phenoxy) is 1. The molecule has 2 N–H and O–H groups in total. The fourth-order valence-corrected chi connectivity index (χ4v) is 2.03. The first-order valence-electron chi connectivity index (χ1n) is 6.51. The van der Waals surface area contributed by atoms with Crippen LogP contribution in [0, 0.1) is 0 Å². The molecule has 16 heavy (non-hydrogen) atoms. The maximum absolute atomic E-state index is 5.63. The van der Waals surface area contributed by atoms with Crippen molar-refractivity contribution >= 4 is 0 Å². The third-order valence-electron chi connectivity index (χ3n) is 3.13. The molecular formula is C12H27N3O. The summed E-state index contributed by atoms with van der Waals surface area (Å²) in [4.78, 5) is 4.72. The quantitative estimate of drug-likeness (QED) is 0.611. The lowest BCUT2D eigenvalue weighted by Crippen LogP contribution is -2.33. The van der Waals surface area contributed by atoms with E-state index < -0.39 is 0 Å². The second kappa shape index (κ2) is 8.93. The summed E-state index contributed by atoms with van der Waals surface area (Å²) in [6.07, 6.45) is 4.12. The van der Waals surface area contributed by atoms with E-state index in [1.165, 1.54) is 32.4 Å². The fraction of sp³-hybridized carbons (Fsp3) is 1.00. The Labute approximate surface area is 99.7 Å². The maximum atomic E-state index is 5.63. The molecule has 0 aromatic carbocycles. The molecule has 0 unspecified atom stereocenters. The van der Waals surface area contributed by atoms with Crippen LogP contribution in [0.15, 0.2) is 0 Å². The van der Waals surface area contributed by atoms with Crippen molar-refractivity contribution in [3.8, 4) is 0 Å². The molecule has 0 atom stereocenters. The molecule has 1 aliphatic rings. The van der Waals surface area contributed by atoms with Crippen LogP contribution in [0.1, 0.15) is 19.3 Å². The predicted octanol–water partition coefficient (Wildman–Crippen LogP) is 0.379. The van der Waals surface area contributed by atoms with Crippen LogP contribution < -0.4 is 5.73 Å². The summed E-state index contributed by atoms with van der Waals surface area (Å²) >= 11 is 0. The minimum Gasteiger partial charge on any atom is -0.379 e. The van der Waals surface area contributed by atoms with Gasteiger partial charge in [-0.15, -0.1) is 0 Å². The molecule has 0 radical (unpaired) electrons. The van der Waals surface area contributed by atoms with Crippen LogP contribution in [0.3, 0.4) is 0 Å². The molecule has 0 aliphatic carbocycles. The number of likely N-dealkylation sites (N-methyl/N-ethyl adjacent to an activating group) is 1. The highest BCUT2D eigenvalue weighted by atomic mass is 16.5. The van der Waals surface area contributed by atoms with Crippen molar-refractivity contribution < 1.29 is 4.74 Å². The van der Waals surface area contributed by atoms with Crippen molar-refractivity contribution in [2.24, 2.45) is 5.73 Å². The average Bonchev–Trinajstić information content (AvgIpc) is 2.30. The van der Waals surface area contributed by atoms with Crippen LogP contribution in [0.5, 0.6) is 0 Å². The van der Waals surface area contributed by atoms with Gasteiger partial charge in [0.1, 0.15) is 0 Å². The van der Waals surface area contributed by atoms with E-state index in [-0.39, 0.29) is 0 Å². The summed E-state index contributed by atoms with van der Waals surface area (Å²) in [7, 11) is 2.08. The Morgan fingerprint density at radius 2 is 1.88 bits per heavy atom. The number of nitrogens with zero attached hydrogens (tertiary/aromatic N) is 2. The summed E-state index contributed by atoms with van der Waals surface area (Å²) in [6, 6.07) is 0. The zero-order valence-electron chi connectivity index (χ0n) is 10.7. The predicted molar refractivity (Wildman–Crippen MR) is 67.7 cm³/mol. The summed E-state index contributed by atoms with van der Waals surface area (Å²) in [5, 5.41) is 0. The van der Waals surface area contributed by atoms with E-state index in [1.54, 1.807) is 0 Å². The van der Waals surface area contributed by atoms with Gasteiger partial charge >= 0.3 is 0 Å². The van der Waals surface area contributed by atoms with Gasteiger partial charge in [0.05, 0.1) is 13.2 Å². The molecule has 0 spiro atoms. The molecule has 1 fully saturated rings. The first-order valence-corrected chi connectivity index (χ1v) is 6.51. The minimum atomic E-state index is 0.726. The zero-order chi connectivity index (χ0) is 11.6. The Bertz CT molecular complexity index is 160. The van der Waals surface area contributed by atoms with Gasteiger partial charge in [-0.1, -0.05) is 6.42 Å². The van der Waals surface area contributed by atoms with Crippen LogP contribution in [0.4, 0.5) is 0 Å². The molecule has 0 aromatic rings. The van der Waals surface area contributed by atoms with Crippen molar-refractivity contribution in [2.45, 2.75) is 19.3 Å². The summed E-state index contributed by atoms with van der Waals surface area (Å²) in [5.74, 6) is 0. The van der Waals surface area contributed by atoms with Crippen LogP contribution >= 0.6 is 0 Å². The summed E-state index contributed by atoms with van der Waals surface area (Å²) in [5.41, 5.74) is 5.47. The lowest BCUT2D eigenvalue weighted by atomic mass is 10.1. The van der Waals surface area contributed by atoms with Crippen molar-refractivity contribution in [2.75, 3.05) is 59.5 Å². The molecule has 0 amide bonds. The number of piperidine rings is 1. The molecule has 4 nitrogen and oxygen atoms in total. The molecule has 96 valence electrons. The van der Waals surface area contributed by atoms with Crippen LogP contribution in [-0.4, -0.2) is 69.3 Å². The summed E-state index contributed by atoms with van der Waals surface area (Å²) in [6.45, 7) is 7.98. The number of nitrogens with two attached hydrogens (primary N) is 1. The van der Waals surface area contributed by atoms with E-state index in [0.717, 1.165) is 39.4 Å². The summed E-state index contributed by atoms with van der Waals surface area (Å²) < 4.78 is 5.63. The SMILES string of the molecule is CN(CCN)CCOCCN1CCCCC1. The van der Waals surface area contributed by atoms with Gasteiger partial charge in [0.25, 0.3) is 0 Å². The Hall–Kier alpha value is -0.160.